The highest BCUT2D eigenvalue weighted by molar-refractivity contribution is 5.44. The van der Waals surface area contributed by atoms with Crippen LogP contribution in [0.5, 0.6) is 5.88 Å². The van der Waals surface area contributed by atoms with Crippen molar-refractivity contribution in [1.82, 2.24) is 4.98 Å². The average Bonchev–Trinajstić information content (AvgIpc) is 2.41. The average molecular weight is 260 g/mol. The quantitative estimate of drug-likeness (QED) is 0.888. The van der Waals surface area contributed by atoms with Crippen LogP contribution in [0.15, 0.2) is 42.6 Å². The van der Waals surface area contributed by atoms with Gasteiger partial charge in [-0.3, -0.25) is 0 Å². The fraction of sp³-hybridized carbons (Fsp3) is 0.267. The van der Waals surface area contributed by atoms with Crippen molar-refractivity contribution < 1.29 is 9.13 Å². The summed E-state index contributed by atoms with van der Waals surface area (Å²) in [7, 11) is 0. The lowest BCUT2D eigenvalue weighted by Gasteiger charge is -2.15. The summed E-state index contributed by atoms with van der Waals surface area (Å²) in [5.41, 5.74) is 1.77. The highest BCUT2D eigenvalue weighted by atomic mass is 19.1. The zero-order valence-electron chi connectivity index (χ0n) is 11.1. The van der Waals surface area contributed by atoms with E-state index in [1.807, 2.05) is 32.0 Å². The van der Waals surface area contributed by atoms with Gasteiger partial charge in [-0.2, -0.15) is 0 Å². The molecule has 0 spiro atoms. The summed E-state index contributed by atoms with van der Waals surface area (Å²) in [6.07, 6.45) is 1.71. The van der Waals surface area contributed by atoms with Gasteiger partial charge in [-0.05, 0) is 37.6 Å². The van der Waals surface area contributed by atoms with E-state index in [0.717, 1.165) is 11.3 Å². The number of hydrogen-bond acceptors (Lipinski definition) is 3. The molecule has 2 rings (SSSR count). The van der Waals surface area contributed by atoms with E-state index in [0.29, 0.717) is 12.5 Å². The van der Waals surface area contributed by atoms with Gasteiger partial charge >= 0.3 is 0 Å². The van der Waals surface area contributed by atoms with Crippen LogP contribution >= 0.6 is 0 Å². The Morgan fingerprint density at radius 1 is 1.32 bits per heavy atom. The summed E-state index contributed by atoms with van der Waals surface area (Å²) >= 11 is 0. The number of halogens is 1. The second-order valence-corrected chi connectivity index (χ2v) is 4.24. The van der Waals surface area contributed by atoms with E-state index in [-0.39, 0.29) is 11.9 Å². The third-order valence-electron chi connectivity index (χ3n) is 2.76. The molecular formula is C15H17FN2O. The first-order valence-electron chi connectivity index (χ1n) is 6.30. The Bertz CT molecular complexity index is 528. The van der Waals surface area contributed by atoms with Gasteiger partial charge in [0.05, 0.1) is 18.5 Å². The van der Waals surface area contributed by atoms with Crippen LogP contribution in [-0.2, 0) is 0 Å². The van der Waals surface area contributed by atoms with E-state index < -0.39 is 0 Å². The van der Waals surface area contributed by atoms with Gasteiger partial charge in [0.2, 0.25) is 5.88 Å². The molecule has 19 heavy (non-hydrogen) atoms. The molecule has 1 heterocycles. The molecule has 1 N–H and O–H groups in total. The highest BCUT2D eigenvalue weighted by Crippen LogP contribution is 2.20. The lowest BCUT2D eigenvalue weighted by atomic mass is 10.1. The maximum Gasteiger partial charge on any atom is 0.213 e. The lowest BCUT2D eigenvalue weighted by molar-refractivity contribution is 0.327. The minimum Gasteiger partial charge on any atom is -0.478 e. The van der Waals surface area contributed by atoms with Crippen molar-refractivity contribution in [3.8, 4) is 5.88 Å². The van der Waals surface area contributed by atoms with Crippen LogP contribution in [-0.4, -0.2) is 11.6 Å². The minimum absolute atomic E-state index is 0.00967. The molecule has 0 amide bonds. The summed E-state index contributed by atoms with van der Waals surface area (Å²) in [6, 6.07) is 10.3. The van der Waals surface area contributed by atoms with E-state index in [1.54, 1.807) is 12.3 Å². The van der Waals surface area contributed by atoms with Gasteiger partial charge < -0.3 is 10.1 Å². The van der Waals surface area contributed by atoms with Gasteiger partial charge in [-0.1, -0.05) is 12.1 Å². The Morgan fingerprint density at radius 2 is 2.16 bits per heavy atom. The molecule has 3 nitrogen and oxygen atoms in total. The van der Waals surface area contributed by atoms with Crippen molar-refractivity contribution in [1.29, 1.82) is 0 Å². The van der Waals surface area contributed by atoms with Crippen LogP contribution in [0.3, 0.4) is 0 Å². The molecule has 0 saturated carbocycles. The monoisotopic (exact) mass is 260 g/mol. The number of benzene rings is 1. The number of hydrogen-bond donors (Lipinski definition) is 1. The number of anilines is 1. The fourth-order valence-electron chi connectivity index (χ4n) is 1.81. The number of nitrogens with zero attached hydrogens (tertiary/aromatic N) is 1. The molecule has 0 radical (unpaired) electrons. The number of nitrogens with one attached hydrogen (secondary N) is 1. The molecule has 100 valence electrons. The maximum absolute atomic E-state index is 13.1. The van der Waals surface area contributed by atoms with Crippen LogP contribution in [0.2, 0.25) is 0 Å². The number of ether oxygens (including phenoxy) is 1. The molecule has 4 heteroatoms. The normalized spacial score (nSPS) is 11.9. The van der Waals surface area contributed by atoms with Crippen molar-refractivity contribution in [3.63, 3.8) is 0 Å². The summed E-state index contributed by atoms with van der Waals surface area (Å²) in [5, 5.41) is 3.27. The van der Waals surface area contributed by atoms with E-state index in [1.165, 1.54) is 12.1 Å². The SMILES string of the molecule is CCOc1ccc(NC(C)c2cccc(F)c2)cn1. The zero-order chi connectivity index (χ0) is 13.7. The van der Waals surface area contributed by atoms with Gasteiger partial charge in [0.25, 0.3) is 0 Å². The van der Waals surface area contributed by atoms with Crippen molar-refractivity contribution in [2.75, 3.05) is 11.9 Å². The van der Waals surface area contributed by atoms with E-state index >= 15 is 0 Å². The van der Waals surface area contributed by atoms with Gasteiger partial charge in [-0.15, -0.1) is 0 Å². The predicted octanol–water partition coefficient (Wildman–Crippen LogP) is 3.79. The fourth-order valence-corrected chi connectivity index (χ4v) is 1.81. The van der Waals surface area contributed by atoms with Crippen LogP contribution < -0.4 is 10.1 Å². The van der Waals surface area contributed by atoms with Crippen LogP contribution in [0.1, 0.15) is 25.5 Å². The lowest BCUT2D eigenvalue weighted by Crippen LogP contribution is -2.07. The van der Waals surface area contributed by atoms with Crippen molar-refractivity contribution in [3.05, 3.63) is 54.0 Å². The van der Waals surface area contributed by atoms with Gasteiger partial charge in [0.15, 0.2) is 0 Å². The second-order valence-electron chi connectivity index (χ2n) is 4.24. The Morgan fingerprint density at radius 3 is 2.79 bits per heavy atom. The summed E-state index contributed by atoms with van der Waals surface area (Å²) < 4.78 is 18.4. The number of rotatable bonds is 5. The summed E-state index contributed by atoms with van der Waals surface area (Å²) in [4.78, 5) is 4.17. The van der Waals surface area contributed by atoms with E-state index in [2.05, 4.69) is 10.3 Å². The third kappa shape index (κ3) is 3.68. The molecule has 0 fully saturated rings. The van der Waals surface area contributed by atoms with E-state index in [4.69, 9.17) is 4.74 Å². The molecule has 1 atom stereocenters. The molecule has 1 unspecified atom stereocenters. The van der Waals surface area contributed by atoms with Crippen LogP contribution in [0.4, 0.5) is 10.1 Å². The molecule has 0 aliphatic heterocycles. The first-order chi connectivity index (χ1) is 9.19. The third-order valence-corrected chi connectivity index (χ3v) is 2.76. The minimum atomic E-state index is -0.226. The Labute approximate surface area is 112 Å². The molecule has 0 aliphatic rings. The van der Waals surface area contributed by atoms with Crippen LogP contribution in [0.25, 0.3) is 0 Å². The van der Waals surface area contributed by atoms with Crippen molar-refractivity contribution in [2.45, 2.75) is 19.9 Å². The van der Waals surface area contributed by atoms with E-state index in [9.17, 15) is 4.39 Å². The Hall–Kier alpha value is -2.10. The second kappa shape index (κ2) is 6.18. The number of pyridine rings is 1. The Balaban J connectivity index is 2.04. The van der Waals surface area contributed by atoms with Crippen molar-refractivity contribution >= 4 is 5.69 Å². The van der Waals surface area contributed by atoms with Gasteiger partial charge in [-0.25, -0.2) is 9.37 Å². The summed E-state index contributed by atoms with van der Waals surface area (Å²) in [6.45, 7) is 4.49. The van der Waals surface area contributed by atoms with Gasteiger partial charge in [0, 0.05) is 12.1 Å². The predicted molar refractivity (Wildman–Crippen MR) is 73.8 cm³/mol. The van der Waals surface area contributed by atoms with Crippen molar-refractivity contribution in [2.24, 2.45) is 0 Å². The van der Waals surface area contributed by atoms with Gasteiger partial charge in [0.1, 0.15) is 5.82 Å². The first-order valence-corrected chi connectivity index (χ1v) is 6.30. The summed E-state index contributed by atoms with van der Waals surface area (Å²) in [5.74, 6) is 0.377. The molecular weight excluding hydrogens is 243 g/mol. The molecule has 0 saturated heterocycles. The molecule has 1 aromatic heterocycles. The first kappa shape index (κ1) is 13.3. The smallest absolute Gasteiger partial charge is 0.213 e. The molecule has 1 aromatic carbocycles. The topological polar surface area (TPSA) is 34.1 Å². The molecule has 0 aliphatic carbocycles. The molecule has 2 aromatic rings. The van der Waals surface area contributed by atoms with Crippen LogP contribution in [0, 0.1) is 5.82 Å². The molecule has 0 bridgehead atoms. The standard InChI is InChI=1S/C15H17FN2O/c1-3-19-15-8-7-14(10-17-15)18-11(2)12-5-4-6-13(16)9-12/h4-11,18H,3H2,1-2H3. The zero-order valence-corrected chi connectivity index (χ0v) is 11.1. The highest BCUT2D eigenvalue weighted by Gasteiger charge is 2.06. The largest absolute Gasteiger partial charge is 0.478 e. The Kier molecular flexibility index (Phi) is 4.34. The maximum atomic E-state index is 13.1. The number of aromatic nitrogens is 1.